The number of nitrogens with zero attached hydrogens (tertiary/aromatic N) is 1. The van der Waals surface area contributed by atoms with Crippen LogP contribution in [0.15, 0.2) is 302 Å². The molecule has 13 aromatic rings. The molecule has 0 N–H and O–H groups in total. The van der Waals surface area contributed by atoms with Crippen molar-refractivity contribution >= 4 is 39.0 Å². The summed E-state index contributed by atoms with van der Waals surface area (Å²) in [5.41, 5.74) is 23.6. The van der Waals surface area contributed by atoms with Crippen molar-refractivity contribution in [3.63, 3.8) is 0 Å². The van der Waals surface area contributed by atoms with Gasteiger partial charge >= 0.3 is 0 Å². The molecule has 12 aromatic carbocycles. The Morgan fingerprint density at radius 3 is 1.45 bits per heavy atom. The second-order valence-electron chi connectivity index (χ2n) is 19.5. The maximum atomic E-state index is 6.55. The molecule has 1 aromatic heterocycles. The van der Waals surface area contributed by atoms with Gasteiger partial charge in [-0.15, -0.1) is 0 Å². The van der Waals surface area contributed by atoms with Crippen molar-refractivity contribution in [3.8, 4) is 66.8 Å². The highest BCUT2D eigenvalue weighted by atomic mass is 16.3. The minimum atomic E-state index is -0.522. The Bertz CT molecular complexity index is 4160. The average Bonchev–Trinajstić information content (AvgIpc) is 4.15. The van der Waals surface area contributed by atoms with Crippen molar-refractivity contribution < 1.29 is 4.42 Å². The molecule has 0 unspecified atom stereocenters. The topological polar surface area (TPSA) is 16.4 Å². The molecule has 0 radical (unpaired) electrons. The van der Waals surface area contributed by atoms with Gasteiger partial charge < -0.3 is 9.32 Å². The Morgan fingerprint density at radius 2 is 0.760 bits per heavy atom. The molecular weight excluding hydrogens is 907 g/mol. The van der Waals surface area contributed by atoms with Gasteiger partial charge in [-0.05, 0) is 120 Å². The molecule has 0 saturated carbocycles. The number of furan rings is 1. The van der Waals surface area contributed by atoms with Crippen molar-refractivity contribution in [2.24, 2.45) is 0 Å². The van der Waals surface area contributed by atoms with Crippen LogP contribution in [-0.4, -0.2) is 0 Å². The standard InChI is InChI=1S/C73H49NO/c1-5-21-50(22-6-1)54-43-48-59(66(49-54)51-23-7-2-8-24-51)52-39-44-57(45-40-52)74(58-46-41-53(42-47-58)60-32-19-34-64-62-30-15-18-38-70(62)75-72(60)64)69-37-17-14-29-61(69)63-33-20-36-68-71(63)65-31-13-16-35-67(65)73(68,55-25-9-3-10-26-55)56-27-11-4-12-28-56/h1-49H. The maximum Gasteiger partial charge on any atom is 0.143 e. The Morgan fingerprint density at radius 1 is 0.280 bits per heavy atom. The zero-order chi connectivity index (χ0) is 49.7. The lowest BCUT2D eigenvalue weighted by Crippen LogP contribution is -2.28. The number of benzene rings is 12. The van der Waals surface area contributed by atoms with E-state index in [0.29, 0.717) is 0 Å². The maximum absolute atomic E-state index is 6.55. The number of para-hydroxylation sites is 3. The average molecular weight is 956 g/mol. The van der Waals surface area contributed by atoms with Gasteiger partial charge in [-0.2, -0.15) is 0 Å². The van der Waals surface area contributed by atoms with Gasteiger partial charge in [-0.3, -0.25) is 0 Å². The van der Waals surface area contributed by atoms with Gasteiger partial charge in [0.2, 0.25) is 0 Å². The van der Waals surface area contributed by atoms with Gasteiger partial charge in [0.15, 0.2) is 0 Å². The summed E-state index contributed by atoms with van der Waals surface area (Å²) in [7, 11) is 0. The van der Waals surface area contributed by atoms with Crippen LogP contribution in [0.1, 0.15) is 22.3 Å². The summed E-state index contributed by atoms with van der Waals surface area (Å²) in [6, 6.07) is 108. The Hall–Kier alpha value is -9.76. The zero-order valence-corrected chi connectivity index (χ0v) is 41.1. The minimum Gasteiger partial charge on any atom is -0.455 e. The number of hydrogen-bond acceptors (Lipinski definition) is 2. The van der Waals surface area contributed by atoms with E-state index < -0.39 is 5.41 Å². The van der Waals surface area contributed by atoms with E-state index in [0.717, 1.165) is 61.3 Å². The van der Waals surface area contributed by atoms with E-state index in [1.807, 2.05) is 6.07 Å². The summed E-state index contributed by atoms with van der Waals surface area (Å²) in [6.07, 6.45) is 0. The molecule has 2 nitrogen and oxygen atoms in total. The highest BCUT2D eigenvalue weighted by molar-refractivity contribution is 6.09. The summed E-state index contributed by atoms with van der Waals surface area (Å²) in [4.78, 5) is 2.43. The summed E-state index contributed by atoms with van der Waals surface area (Å²) < 4.78 is 6.55. The molecule has 1 aliphatic carbocycles. The van der Waals surface area contributed by atoms with E-state index in [1.165, 1.54) is 66.8 Å². The van der Waals surface area contributed by atoms with Crippen molar-refractivity contribution in [2.75, 3.05) is 4.90 Å². The molecule has 1 aliphatic rings. The summed E-state index contributed by atoms with van der Waals surface area (Å²) in [5.74, 6) is 0. The molecular formula is C73H49NO. The summed E-state index contributed by atoms with van der Waals surface area (Å²) >= 11 is 0. The molecule has 2 heteroatoms. The van der Waals surface area contributed by atoms with Crippen molar-refractivity contribution in [3.05, 3.63) is 320 Å². The van der Waals surface area contributed by atoms with Gasteiger partial charge in [0.1, 0.15) is 11.2 Å². The fraction of sp³-hybridized carbons (Fsp3) is 0.0137. The van der Waals surface area contributed by atoms with E-state index in [1.54, 1.807) is 0 Å². The third-order valence-electron chi connectivity index (χ3n) is 15.4. The number of fused-ring (bicyclic) bond motifs is 6. The predicted molar refractivity (Wildman–Crippen MR) is 313 cm³/mol. The molecule has 0 saturated heterocycles. The number of anilines is 3. The quantitative estimate of drug-likeness (QED) is 0.136. The lowest BCUT2D eigenvalue weighted by Gasteiger charge is -2.34. The van der Waals surface area contributed by atoms with Crippen LogP contribution in [0.2, 0.25) is 0 Å². The second-order valence-corrected chi connectivity index (χ2v) is 19.5. The molecule has 1 heterocycles. The first-order valence-electron chi connectivity index (χ1n) is 25.8. The highest BCUT2D eigenvalue weighted by Gasteiger charge is 2.47. The third-order valence-corrected chi connectivity index (χ3v) is 15.4. The van der Waals surface area contributed by atoms with Crippen LogP contribution in [0.5, 0.6) is 0 Å². The molecule has 0 aliphatic heterocycles. The first-order chi connectivity index (χ1) is 37.2. The van der Waals surface area contributed by atoms with Gasteiger partial charge in [-0.1, -0.05) is 255 Å². The van der Waals surface area contributed by atoms with Gasteiger partial charge in [-0.25, -0.2) is 0 Å². The first-order valence-corrected chi connectivity index (χ1v) is 25.8. The fourth-order valence-electron chi connectivity index (χ4n) is 12.1. The van der Waals surface area contributed by atoms with Crippen LogP contribution in [0.3, 0.4) is 0 Å². The van der Waals surface area contributed by atoms with Crippen LogP contribution in [0, 0.1) is 0 Å². The lowest BCUT2D eigenvalue weighted by molar-refractivity contribution is 0.670. The van der Waals surface area contributed by atoms with Crippen LogP contribution in [0.25, 0.3) is 88.7 Å². The molecule has 352 valence electrons. The summed E-state index contributed by atoms with van der Waals surface area (Å²) in [5, 5.41) is 2.24. The molecule has 0 amide bonds. The van der Waals surface area contributed by atoms with E-state index in [9.17, 15) is 0 Å². The lowest BCUT2D eigenvalue weighted by atomic mass is 9.67. The molecule has 14 rings (SSSR count). The van der Waals surface area contributed by atoms with E-state index in [4.69, 9.17) is 4.42 Å². The Labute approximate surface area is 437 Å². The largest absolute Gasteiger partial charge is 0.455 e. The number of hydrogen-bond donors (Lipinski definition) is 0. The van der Waals surface area contributed by atoms with Crippen molar-refractivity contribution in [1.82, 2.24) is 0 Å². The molecule has 0 spiro atoms. The first kappa shape index (κ1) is 44.0. The van der Waals surface area contributed by atoms with E-state index in [2.05, 4.69) is 296 Å². The predicted octanol–water partition coefficient (Wildman–Crippen LogP) is 19.8. The Balaban J connectivity index is 0.950. The van der Waals surface area contributed by atoms with E-state index >= 15 is 0 Å². The van der Waals surface area contributed by atoms with Crippen LogP contribution < -0.4 is 4.90 Å². The van der Waals surface area contributed by atoms with Crippen LogP contribution in [-0.2, 0) is 5.41 Å². The van der Waals surface area contributed by atoms with Gasteiger partial charge in [0.05, 0.1) is 11.1 Å². The normalized spacial score (nSPS) is 12.4. The minimum absolute atomic E-state index is 0.522. The van der Waals surface area contributed by atoms with Gasteiger partial charge in [0, 0.05) is 33.3 Å². The monoisotopic (exact) mass is 955 g/mol. The highest BCUT2D eigenvalue weighted by Crippen LogP contribution is 2.59. The van der Waals surface area contributed by atoms with Crippen LogP contribution >= 0.6 is 0 Å². The molecule has 75 heavy (non-hydrogen) atoms. The third kappa shape index (κ3) is 7.33. The van der Waals surface area contributed by atoms with Crippen LogP contribution in [0.4, 0.5) is 17.1 Å². The zero-order valence-electron chi connectivity index (χ0n) is 41.1. The van der Waals surface area contributed by atoms with Crippen molar-refractivity contribution in [1.29, 1.82) is 0 Å². The number of rotatable bonds is 10. The molecule has 0 fully saturated rings. The molecule has 0 bridgehead atoms. The summed E-state index contributed by atoms with van der Waals surface area (Å²) in [6.45, 7) is 0. The SMILES string of the molecule is c1ccc(-c2ccc(-c3ccc(N(c4ccc(-c5cccc6c5oc5ccccc56)cc4)c4ccccc4-c4cccc5c4-c4ccccc4C5(c4ccccc4)c4ccccc4)cc3)c(-c3ccccc3)c2)cc1. The molecule has 0 atom stereocenters. The fourth-order valence-corrected chi connectivity index (χ4v) is 12.1. The smallest absolute Gasteiger partial charge is 0.143 e. The second kappa shape index (κ2) is 18.4. The van der Waals surface area contributed by atoms with Gasteiger partial charge in [0.25, 0.3) is 0 Å². The van der Waals surface area contributed by atoms with Crippen molar-refractivity contribution in [2.45, 2.75) is 5.41 Å². The Kier molecular flexibility index (Phi) is 10.8. The van der Waals surface area contributed by atoms with E-state index in [-0.39, 0.29) is 0 Å².